The van der Waals surface area contributed by atoms with Crippen molar-refractivity contribution >= 4 is 17.9 Å². The third kappa shape index (κ3) is 5.40. The number of benzene rings is 1. The highest BCUT2D eigenvalue weighted by atomic mass is 16.5. The molecule has 24 heavy (non-hydrogen) atoms. The highest BCUT2D eigenvalue weighted by Gasteiger charge is 2.14. The number of carbonyl (C=O) groups excluding carboxylic acids is 2. The van der Waals surface area contributed by atoms with Crippen molar-refractivity contribution in [3.63, 3.8) is 0 Å². The molecular weight excluding hydrogens is 308 g/mol. The number of methoxy groups -OCH3 is 1. The zero-order chi connectivity index (χ0) is 17.2. The van der Waals surface area contributed by atoms with E-state index in [0.717, 1.165) is 0 Å². The largest absolute Gasteiger partial charge is 0.465 e. The first-order valence-electron chi connectivity index (χ1n) is 7.59. The van der Waals surface area contributed by atoms with Crippen molar-refractivity contribution in [1.29, 1.82) is 0 Å². The Morgan fingerprint density at radius 2 is 1.96 bits per heavy atom. The number of ether oxygens (including phenoxy) is 1. The quantitative estimate of drug-likeness (QED) is 0.575. The molecule has 2 N–H and O–H groups in total. The van der Waals surface area contributed by atoms with Crippen molar-refractivity contribution in [2.45, 2.75) is 6.42 Å². The van der Waals surface area contributed by atoms with Crippen LogP contribution in [0.4, 0.5) is 0 Å². The van der Waals surface area contributed by atoms with Gasteiger partial charge in [-0.2, -0.15) is 0 Å². The minimum absolute atomic E-state index is 0.121. The van der Waals surface area contributed by atoms with E-state index < -0.39 is 0 Å². The molecule has 0 spiro atoms. The van der Waals surface area contributed by atoms with Gasteiger partial charge in [-0.3, -0.25) is 9.59 Å². The first kappa shape index (κ1) is 17.5. The van der Waals surface area contributed by atoms with Gasteiger partial charge in [-0.15, -0.1) is 0 Å². The number of hydrogen-bond acceptors (Lipinski definition) is 4. The lowest BCUT2D eigenvalue weighted by atomic mass is 10.2. The lowest BCUT2D eigenvalue weighted by Crippen LogP contribution is -2.35. The van der Waals surface area contributed by atoms with Crippen molar-refractivity contribution in [2.24, 2.45) is 0 Å². The first-order valence-corrected chi connectivity index (χ1v) is 7.59. The Hall–Kier alpha value is -2.86. The van der Waals surface area contributed by atoms with E-state index in [2.05, 4.69) is 10.6 Å². The number of rotatable bonds is 8. The molecule has 6 heteroatoms. The number of furan rings is 1. The summed E-state index contributed by atoms with van der Waals surface area (Å²) in [6.07, 6.45) is 3.67. The lowest BCUT2D eigenvalue weighted by molar-refractivity contribution is -0.117. The topological polar surface area (TPSA) is 80.6 Å². The number of carbonyl (C=O) groups is 2. The van der Waals surface area contributed by atoms with Crippen molar-refractivity contribution in [2.75, 3.05) is 20.3 Å². The SMILES string of the molecule is COCCCNC(=O)/C(=C\c1ccco1)NC(=O)c1ccccc1. The van der Waals surface area contributed by atoms with E-state index >= 15 is 0 Å². The van der Waals surface area contributed by atoms with Gasteiger partial charge in [0.25, 0.3) is 11.8 Å². The normalized spacial score (nSPS) is 11.1. The van der Waals surface area contributed by atoms with Gasteiger partial charge in [0.1, 0.15) is 11.5 Å². The number of amides is 2. The molecule has 0 aliphatic heterocycles. The summed E-state index contributed by atoms with van der Waals surface area (Å²) in [5, 5.41) is 5.37. The second kappa shape index (κ2) is 9.32. The van der Waals surface area contributed by atoms with Gasteiger partial charge in [-0.25, -0.2) is 0 Å². The second-order valence-corrected chi connectivity index (χ2v) is 5.00. The van der Waals surface area contributed by atoms with Gasteiger partial charge in [0.05, 0.1) is 6.26 Å². The van der Waals surface area contributed by atoms with Gasteiger partial charge < -0.3 is 19.8 Å². The summed E-state index contributed by atoms with van der Waals surface area (Å²) in [6, 6.07) is 12.1. The van der Waals surface area contributed by atoms with Crippen molar-refractivity contribution in [1.82, 2.24) is 10.6 Å². The molecule has 0 atom stereocenters. The Kier molecular flexibility index (Phi) is 6.79. The minimum atomic E-state index is -0.383. The van der Waals surface area contributed by atoms with E-state index in [-0.39, 0.29) is 17.5 Å². The maximum Gasteiger partial charge on any atom is 0.267 e. The van der Waals surface area contributed by atoms with Gasteiger partial charge in [0.15, 0.2) is 0 Å². The molecule has 6 nitrogen and oxygen atoms in total. The van der Waals surface area contributed by atoms with Gasteiger partial charge in [-0.05, 0) is 30.7 Å². The molecule has 0 saturated heterocycles. The highest BCUT2D eigenvalue weighted by molar-refractivity contribution is 6.05. The summed E-state index contributed by atoms with van der Waals surface area (Å²) in [5.41, 5.74) is 0.589. The lowest BCUT2D eigenvalue weighted by Gasteiger charge is -2.10. The molecule has 0 bridgehead atoms. The van der Waals surface area contributed by atoms with E-state index in [4.69, 9.17) is 9.15 Å². The molecular formula is C18H20N2O4. The summed E-state index contributed by atoms with van der Waals surface area (Å²) in [6.45, 7) is 0.997. The number of nitrogens with one attached hydrogen (secondary N) is 2. The average Bonchev–Trinajstić information content (AvgIpc) is 3.12. The Morgan fingerprint density at radius 1 is 1.17 bits per heavy atom. The predicted molar refractivity (Wildman–Crippen MR) is 90.1 cm³/mol. The Balaban J connectivity index is 2.08. The number of hydrogen-bond donors (Lipinski definition) is 2. The van der Waals surface area contributed by atoms with Gasteiger partial charge in [0, 0.05) is 31.9 Å². The fourth-order valence-corrected chi connectivity index (χ4v) is 1.97. The fourth-order valence-electron chi connectivity index (χ4n) is 1.97. The molecule has 1 aromatic carbocycles. The summed E-state index contributed by atoms with van der Waals surface area (Å²) < 4.78 is 10.2. The molecule has 2 amide bonds. The van der Waals surface area contributed by atoms with Gasteiger partial charge in [0.2, 0.25) is 0 Å². The highest BCUT2D eigenvalue weighted by Crippen LogP contribution is 2.07. The minimum Gasteiger partial charge on any atom is -0.465 e. The molecule has 0 fully saturated rings. The van der Waals surface area contributed by atoms with Crippen LogP contribution in [0.1, 0.15) is 22.5 Å². The molecule has 2 rings (SSSR count). The monoisotopic (exact) mass is 328 g/mol. The zero-order valence-electron chi connectivity index (χ0n) is 13.5. The average molecular weight is 328 g/mol. The van der Waals surface area contributed by atoms with Crippen molar-refractivity contribution in [3.05, 3.63) is 65.7 Å². The van der Waals surface area contributed by atoms with Crippen molar-refractivity contribution in [3.8, 4) is 0 Å². The third-order valence-electron chi connectivity index (χ3n) is 3.17. The van der Waals surface area contributed by atoms with Crippen molar-refractivity contribution < 1.29 is 18.7 Å². The van der Waals surface area contributed by atoms with Crippen LogP contribution in [0, 0.1) is 0 Å². The molecule has 2 aromatic rings. The van der Waals surface area contributed by atoms with Crippen LogP contribution in [0.5, 0.6) is 0 Å². The smallest absolute Gasteiger partial charge is 0.267 e. The molecule has 0 saturated carbocycles. The molecule has 0 aliphatic carbocycles. The van der Waals surface area contributed by atoms with E-state index in [1.165, 1.54) is 12.3 Å². The maximum atomic E-state index is 12.3. The maximum absolute atomic E-state index is 12.3. The summed E-state index contributed by atoms with van der Waals surface area (Å²) >= 11 is 0. The molecule has 126 valence electrons. The first-order chi connectivity index (χ1) is 11.7. The van der Waals surface area contributed by atoms with Crippen LogP contribution < -0.4 is 10.6 Å². The van der Waals surface area contributed by atoms with E-state index in [1.54, 1.807) is 43.5 Å². The van der Waals surface area contributed by atoms with E-state index in [1.807, 2.05) is 6.07 Å². The van der Waals surface area contributed by atoms with E-state index in [9.17, 15) is 9.59 Å². The van der Waals surface area contributed by atoms with Crippen LogP contribution in [0.3, 0.4) is 0 Å². The van der Waals surface area contributed by atoms with Gasteiger partial charge in [-0.1, -0.05) is 18.2 Å². The zero-order valence-corrected chi connectivity index (χ0v) is 13.5. The van der Waals surface area contributed by atoms with Crippen LogP contribution in [-0.4, -0.2) is 32.1 Å². The Bertz CT molecular complexity index is 678. The Labute approximate surface area is 140 Å². The second-order valence-electron chi connectivity index (χ2n) is 5.00. The van der Waals surface area contributed by atoms with Crippen LogP contribution in [0.2, 0.25) is 0 Å². The summed E-state index contributed by atoms with van der Waals surface area (Å²) in [5.74, 6) is -0.266. The van der Waals surface area contributed by atoms with E-state index in [0.29, 0.717) is 30.9 Å². The van der Waals surface area contributed by atoms with Crippen LogP contribution in [0.15, 0.2) is 58.8 Å². The molecule has 0 aliphatic rings. The van der Waals surface area contributed by atoms with Crippen LogP contribution in [-0.2, 0) is 9.53 Å². The molecule has 1 aromatic heterocycles. The molecule has 1 heterocycles. The molecule has 0 radical (unpaired) electrons. The van der Waals surface area contributed by atoms with Crippen LogP contribution >= 0.6 is 0 Å². The molecule has 0 unspecified atom stereocenters. The standard InChI is InChI=1S/C18H20N2O4/c1-23-11-6-10-19-18(22)16(13-15-9-5-12-24-15)20-17(21)14-7-3-2-4-8-14/h2-5,7-9,12-13H,6,10-11H2,1H3,(H,19,22)(H,20,21)/b16-13+. The Morgan fingerprint density at radius 3 is 2.62 bits per heavy atom. The predicted octanol–water partition coefficient (Wildman–Crippen LogP) is 2.20. The fraction of sp³-hybridized carbons (Fsp3) is 0.222. The van der Waals surface area contributed by atoms with Gasteiger partial charge >= 0.3 is 0 Å². The summed E-state index contributed by atoms with van der Waals surface area (Å²) in [7, 11) is 1.60. The third-order valence-corrected chi connectivity index (χ3v) is 3.17. The summed E-state index contributed by atoms with van der Waals surface area (Å²) in [4.78, 5) is 24.6. The van der Waals surface area contributed by atoms with Crippen LogP contribution in [0.25, 0.3) is 6.08 Å².